The second kappa shape index (κ2) is 9.60. The molecule has 156 valence electrons. The van der Waals surface area contributed by atoms with Crippen LogP contribution in [0.4, 0.5) is 0 Å². The van der Waals surface area contributed by atoms with E-state index in [1.807, 2.05) is 37.3 Å². The summed E-state index contributed by atoms with van der Waals surface area (Å²) < 4.78 is 11.4. The Labute approximate surface area is 171 Å². The number of nitrogens with one attached hydrogen (secondary N) is 3. The molecule has 29 heavy (non-hydrogen) atoms. The SMILES string of the molecule is CNC(=O)c1[nH]c(C(=O)NC2CCC(OC)CC2)cc1OC(C)c1ccccc1. The Hall–Kier alpha value is -2.80. The molecular weight excluding hydrogens is 370 g/mol. The zero-order valence-corrected chi connectivity index (χ0v) is 17.2. The number of aromatic amines is 1. The fourth-order valence-electron chi connectivity index (χ4n) is 3.63. The number of carbonyl (C=O) groups excluding carboxylic acids is 2. The summed E-state index contributed by atoms with van der Waals surface area (Å²) in [5.41, 5.74) is 1.54. The van der Waals surface area contributed by atoms with Crippen LogP contribution < -0.4 is 15.4 Å². The first-order valence-electron chi connectivity index (χ1n) is 10.0. The van der Waals surface area contributed by atoms with Crippen LogP contribution in [-0.2, 0) is 4.74 Å². The average molecular weight is 399 g/mol. The molecule has 1 fully saturated rings. The maximum absolute atomic E-state index is 12.7. The first-order chi connectivity index (χ1) is 14.0. The van der Waals surface area contributed by atoms with Crippen LogP contribution in [0.2, 0.25) is 0 Å². The van der Waals surface area contributed by atoms with E-state index in [4.69, 9.17) is 9.47 Å². The van der Waals surface area contributed by atoms with Gasteiger partial charge >= 0.3 is 0 Å². The van der Waals surface area contributed by atoms with E-state index in [0.717, 1.165) is 31.2 Å². The molecule has 2 aromatic rings. The van der Waals surface area contributed by atoms with Crippen molar-refractivity contribution in [1.82, 2.24) is 15.6 Å². The fourth-order valence-corrected chi connectivity index (χ4v) is 3.63. The van der Waals surface area contributed by atoms with Gasteiger partial charge < -0.3 is 25.1 Å². The van der Waals surface area contributed by atoms with Gasteiger partial charge in [0.05, 0.1) is 6.10 Å². The van der Waals surface area contributed by atoms with Gasteiger partial charge in [-0.2, -0.15) is 0 Å². The zero-order chi connectivity index (χ0) is 20.8. The van der Waals surface area contributed by atoms with Crippen LogP contribution in [0.25, 0.3) is 0 Å². The van der Waals surface area contributed by atoms with E-state index in [9.17, 15) is 9.59 Å². The van der Waals surface area contributed by atoms with E-state index in [1.165, 1.54) is 0 Å². The minimum atomic E-state index is -0.333. The number of hydrogen-bond acceptors (Lipinski definition) is 4. The number of methoxy groups -OCH3 is 1. The van der Waals surface area contributed by atoms with Crippen molar-refractivity contribution in [1.29, 1.82) is 0 Å². The Morgan fingerprint density at radius 1 is 1.10 bits per heavy atom. The number of amides is 2. The van der Waals surface area contributed by atoms with Crippen molar-refractivity contribution in [3.63, 3.8) is 0 Å². The number of benzene rings is 1. The predicted octanol–water partition coefficient (Wildman–Crippen LogP) is 3.20. The first-order valence-corrected chi connectivity index (χ1v) is 10.0. The molecule has 2 amide bonds. The van der Waals surface area contributed by atoms with Crippen molar-refractivity contribution >= 4 is 11.8 Å². The van der Waals surface area contributed by atoms with Crippen LogP contribution in [-0.4, -0.2) is 43.1 Å². The van der Waals surface area contributed by atoms with Crippen molar-refractivity contribution in [2.24, 2.45) is 0 Å². The third-order valence-corrected chi connectivity index (χ3v) is 5.40. The van der Waals surface area contributed by atoms with E-state index in [-0.39, 0.29) is 35.8 Å². The number of ether oxygens (including phenoxy) is 2. The Bertz CT molecular complexity index is 826. The first kappa shape index (κ1) is 20.9. The normalized spacial score (nSPS) is 20.0. The molecule has 1 aromatic carbocycles. The molecule has 1 aromatic heterocycles. The van der Waals surface area contributed by atoms with Crippen LogP contribution >= 0.6 is 0 Å². The van der Waals surface area contributed by atoms with Gasteiger partial charge in [0.15, 0.2) is 5.75 Å². The summed E-state index contributed by atoms with van der Waals surface area (Å²) in [5, 5.41) is 5.63. The Morgan fingerprint density at radius 2 is 1.79 bits per heavy atom. The summed E-state index contributed by atoms with van der Waals surface area (Å²) >= 11 is 0. The number of hydrogen-bond donors (Lipinski definition) is 3. The molecule has 1 aliphatic carbocycles. The summed E-state index contributed by atoms with van der Waals surface area (Å²) in [6.07, 6.45) is 3.61. The standard InChI is InChI=1S/C22H29N3O4/c1-14(15-7-5-4-6-8-15)29-19-13-18(25-20(19)22(27)23-2)21(26)24-16-9-11-17(28-3)12-10-16/h4-8,13-14,16-17,25H,9-12H2,1-3H3,(H,23,27)(H,24,26). The van der Waals surface area contributed by atoms with Crippen LogP contribution in [0.5, 0.6) is 5.75 Å². The maximum Gasteiger partial charge on any atom is 0.271 e. The lowest BCUT2D eigenvalue weighted by Gasteiger charge is -2.28. The molecule has 0 radical (unpaired) electrons. The van der Waals surface area contributed by atoms with Crippen molar-refractivity contribution in [3.8, 4) is 5.75 Å². The zero-order valence-electron chi connectivity index (χ0n) is 17.2. The molecule has 1 saturated carbocycles. The molecule has 0 spiro atoms. The van der Waals surface area contributed by atoms with Crippen LogP contribution in [0.1, 0.15) is 65.3 Å². The molecule has 7 nitrogen and oxygen atoms in total. The number of rotatable bonds is 7. The molecule has 0 bridgehead atoms. The van der Waals surface area contributed by atoms with Gasteiger partial charge in [0.25, 0.3) is 11.8 Å². The largest absolute Gasteiger partial charge is 0.484 e. The highest BCUT2D eigenvalue weighted by atomic mass is 16.5. The second-order valence-corrected chi connectivity index (χ2v) is 7.35. The van der Waals surface area contributed by atoms with Crippen molar-refractivity contribution < 1.29 is 19.1 Å². The maximum atomic E-state index is 12.7. The van der Waals surface area contributed by atoms with Gasteiger partial charge in [0.1, 0.15) is 17.5 Å². The molecule has 1 heterocycles. The fraction of sp³-hybridized carbons (Fsp3) is 0.455. The Kier molecular flexibility index (Phi) is 6.93. The van der Waals surface area contributed by atoms with Gasteiger partial charge in [-0.1, -0.05) is 30.3 Å². The highest BCUT2D eigenvalue weighted by molar-refractivity contribution is 5.99. The quantitative estimate of drug-likeness (QED) is 0.667. The predicted molar refractivity (Wildman–Crippen MR) is 110 cm³/mol. The van der Waals surface area contributed by atoms with Crippen molar-refractivity contribution in [2.75, 3.05) is 14.2 Å². The van der Waals surface area contributed by atoms with Crippen molar-refractivity contribution in [2.45, 2.75) is 50.9 Å². The molecular formula is C22H29N3O4. The van der Waals surface area contributed by atoms with E-state index in [0.29, 0.717) is 11.4 Å². The Balaban J connectivity index is 1.72. The molecule has 0 saturated heterocycles. The molecule has 3 rings (SSSR count). The highest BCUT2D eigenvalue weighted by Gasteiger charge is 2.25. The molecule has 1 atom stereocenters. The summed E-state index contributed by atoms with van der Waals surface area (Å²) in [5.74, 6) is -0.216. The monoisotopic (exact) mass is 399 g/mol. The molecule has 3 N–H and O–H groups in total. The van der Waals surface area contributed by atoms with Gasteiger partial charge in [-0.25, -0.2) is 0 Å². The van der Waals surface area contributed by atoms with Crippen molar-refractivity contribution in [3.05, 3.63) is 53.3 Å². The van der Waals surface area contributed by atoms with Crippen LogP contribution in [0.15, 0.2) is 36.4 Å². The number of carbonyl (C=O) groups is 2. The van der Waals surface area contributed by atoms with E-state index in [1.54, 1.807) is 20.2 Å². The van der Waals surface area contributed by atoms with Gasteiger partial charge in [0, 0.05) is 26.3 Å². The lowest BCUT2D eigenvalue weighted by atomic mass is 9.93. The summed E-state index contributed by atoms with van der Waals surface area (Å²) in [6, 6.07) is 11.4. The second-order valence-electron chi connectivity index (χ2n) is 7.35. The smallest absolute Gasteiger partial charge is 0.271 e. The summed E-state index contributed by atoms with van der Waals surface area (Å²) in [4.78, 5) is 27.9. The summed E-state index contributed by atoms with van der Waals surface area (Å²) in [6.45, 7) is 1.91. The lowest BCUT2D eigenvalue weighted by Crippen LogP contribution is -2.39. The third kappa shape index (κ3) is 5.17. The van der Waals surface area contributed by atoms with Crippen LogP contribution in [0, 0.1) is 0 Å². The lowest BCUT2D eigenvalue weighted by molar-refractivity contribution is 0.0598. The van der Waals surface area contributed by atoms with Gasteiger partial charge in [-0.05, 0) is 38.2 Å². The number of aromatic nitrogens is 1. The average Bonchev–Trinajstić information content (AvgIpc) is 3.18. The van der Waals surface area contributed by atoms with E-state index in [2.05, 4.69) is 15.6 Å². The molecule has 0 aliphatic heterocycles. The minimum Gasteiger partial charge on any atom is -0.484 e. The summed E-state index contributed by atoms with van der Waals surface area (Å²) in [7, 11) is 3.27. The number of H-pyrrole nitrogens is 1. The topological polar surface area (TPSA) is 92.5 Å². The third-order valence-electron chi connectivity index (χ3n) is 5.40. The van der Waals surface area contributed by atoms with Gasteiger partial charge in [-0.15, -0.1) is 0 Å². The molecule has 7 heteroatoms. The molecule has 1 aliphatic rings. The highest BCUT2D eigenvalue weighted by Crippen LogP contribution is 2.27. The van der Waals surface area contributed by atoms with E-state index < -0.39 is 0 Å². The minimum absolute atomic E-state index is 0.105. The van der Waals surface area contributed by atoms with Gasteiger partial charge in [0.2, 0.25) is 0 Å². The van der Waals surface area contributed by atoms with E-state index >= 15 is 0 Å². The van der Waals surface area contributed by atoms with Crippen LogP contribution in [0.3, 0.4) is 0 Å². The Morgan fingerprint density at radius 3 is 2.41 bits per heavy atom. The van der Waals surface area contributed by atoms with Gasteiger partial charge in [-0.3, -0.25) is 9.59 Å². The molecule has 1 unspecified atom stereocenters.